The zero-order valence-corrected chi connectivity index (χ0v) is 16.1. The molecule has 0 atom stereocenters. The van der Waals surface area contributed by atoms with Gasteiger partial charge >= 0.3 is 0 Å². The molecule has 0 bridgehead atoms. The maximum atomic E-state index is 5.86. The van der Waals surface area contributed by atoms with Gasteiger partial charge in [-0.2, -0.15) is 0 Å². The van der Waals surface area contributed by atoms with Crippen molar-refractivity contribution >= 4 is 11.6 Å². The van der Waals surface area contributed by atoms with Crippen molar-refractivity contribution in [2.45, 2.75) is 19.3 Å². The van der Waals surface area contributed by atoms with Gasteiger partial charge in [0, 0.05) is 24.8 Å². The fourth-order valence-corrected chi connectivity index (χ4v) is 3.42. The van der Waals surface area contributed by atoms with E-state index in [1.807, 2.05) is 48.5 Å². The van der Waals surface area contributed by atoms with E-state index in [-0.39, 0.29) is 0 Å². The molecule has 0 aliphatic carbocycles. The number of benzene rings is 2. The van der Waals surface area contributed by atoms with Crippen LogP contribution >= 0.6 is 0 Å². The van der Waals surface area contributed by atoms with E-state index in [1.54, 1.807) is 6.20 Å². The van der Waals surface area contributed by atoms with Gasteiger partial charge in [-0.1, -0.05) is 30.3 Å². The lowest BCUT2D eigenvalue weighted by molar-refractivity contribution is 0.238. The number of aromatic nitrogens is 2. The normalized spacial score (nSPS) is 14.1. The molecule has 1 aliphatic heterocycles. The van der Waals surface area contributed by atoms with Crippen LogP contribution in [0.15, 0.2) is 66.9 Å². The van der Waals surface area contributed by atoms with Crippen LogP contribution in [0, 0.1) is 0 Å². The van der Waals surface area contributed by atoms with Crippen molar-refractivity contribution in [3.05, 3.63) is 78.1 Å². The van der Waals surface area contributed by atoms with E-state index >= 15 is 0 Å². The smallest absolute Gasteiger partial charge is 0.227 e. The van der Waals surface area contributed by atoms with Crippen molar-refractivity contribution in [3.8, 4) is 5.75 Å². The first-order chi connectivity index (χ1) is 13.8. The predicted molar refractivity (Wildman–Crippen MR) is 112 cm³/mol. The third-order valence-electron chi connectivity index (χ3n) is 4.93. The van der Waals surface area contributed by atoms with Crippen molar-refractivity contribution in [1.29, 1.82) is 0 Å². The summed E-state index contributed by atoms with van der Waals surface area (Å²) in [5.41, 5.74) is 3.18. The molecule has 1 aliphatic rings. The van der Waals surface area contributed by atoms with Crippen molar-refractivity contribution in [1.82, 2.24) is 14.9 Å². The zero-order chi connectivity index (χ0) is 19.0. The van der Waals surface area contributed by atoms with Gasteiger partial charge in [0.25, 0.3) is 0 Å². The predicted octanol–water partition coefficient (Wildman–Crippen LogP) is 4.29. The van der Waals surface area contributed by atoms with Crippen molar-refractivity contribution in [3.63, 3.8) is 0 Å². The van der Waals surface area contributed by atoms with Gasteiger partial charge in [-0.15, -0.1) is 0 Å². The molecule has 1 aromatic heterocycles. The summed E-state index contributed by atoms with van der Waals surface area (Å²) in [7, 11) is 0. The molecule has 0 unspecified atom stereocenters. The molecule has 5 nitrogen and oxygen atoms in total. The third-order valence-corrected chi connectivity index (χ3v) is 4.93. The molecule has 0 radical (unpaired) electrons. The Bertz CT molecular complexity index is 861. The highest BCUT2D eigenvalue weighted by Gasteiger charge is 2.10. The van der Waals surface area contributed by atoms with Crippen LogP contribution in [-0.2, 0) is 6.42 Å². The van der Waals surface area contributed by atoms with E-state index in [1.165, 1.54) is 31.5 Å². The van der Waals surface area contributed by atoms with Crippen LogP contribution in [0.2, 0.25) is 0 Å². The summed E-state index contributed by atoms with van der Waals surface area (Å²) in [4.78, 5) is 11.4. The molecular weight excluding hydrogens is 348 g/mol. The Balaban J connectivity index is 1.30. The first kappa shape index (κ1) is 18.4. The summed E-state index contributed by atoms with van der Waals surface area (Å²) in [6.45, 7) is 4.14. The summed E-state index contributed by atoms with van der Waals surface area (Å²) in [5.74, 6) is 1.50. The van der Waals surface area contributed by atoms with E-state index in [0.717, 1.165) is 36.7 Å². The van der Waals surface area contributed by atoms with Gasteiger partial charge < -0.3 is 10.1 Å². The average Bonchev–Trinajstić information content (AvgIpc) is 3.24. The maximum absolute atomic E-state index is 5.86. The molecule has 5 heteroatoms. The van der Waals surface area contributed by atoms with Gasteiger partial charge in [0.1, 0.15) is 12.4 Å². The number of hydrogen-bond acceptors (Lipinski definition) is 5. The van der Waals surface area contributed by atoms with Gasteiger partial charge in [0.2, 0.25) is 5.95 Å². The monoisotopic (exact) mass is 374 g/mol. The number of rotatable bonds is 8. The largest absolute Gasteiger partial charge is 0.492 e. The van der Waals surface area contributed by atoms with Crippen LogP contribution in [0.1, 0.15) is 24.1 Å². The highest BCUT2D eigenvalue weighted by atomic mass is 16.5. The quantitative estimate of drug-likeness (QED) is 0.638. The van der Waals surface area contributed by atoms with Gasteiger partial charge in [0.15, 0.2) is 0 Å². The second-order valence-corrected chi connectivity index (χ2v) is 7.08. The molecule has 4 rings (SSSR count). The molecule has 1 saturated heterocycles. The topological polar surface area (TPSA) is 50.3 Å². The molecule has 3 aromatic rings. The van der Waals surface area contributed by atoms with Gasteiger partial charge in [-0.05, 0) is 61.8 Å². The minimum absolute atomic E-state index is 0.608. The van der Waals surface area contributed by atoms with Gasteiger partial charge in [0.05, 0.1) is 5.69 Å². The molecule has 2 aromatic carbocycles. The van der Waals surface area contributed by atoms with E-state index in [2.05, 4.69) is 32.3 Å². The lowest BCUT2D eigenvalue weighted by Crippen LogP contribution is -2.25. The summed E-state index contributed by atoms with van der Waals surface area (Å²) >= 11 is 0. The van der Waals surface area contributed by atoms with Gasteiger partial charge in [-0.25, -0.2) is 9.97 Å². The zero-order valence-electron chi connectivity index (χ0n) is 16.1. The van der Waals surface area contributed by atoms with E-state index in [0.29, 0.717) is 5.95 Å². The van der Waals surface area contributed by atoms with Crippen molar-refractivity contribution in [2.75, 3.05) is 31.6 Å². The molecule has 1 N–H and O–H groups in total. The standard InChI is InChI=1S/C23H26N4O/c1-2-6-19(7-3-1)18-21-12-13-24-23(26-21)25-20-8-10-22(11-9-20)28-17-16-27-14-4-5-15-27/h1-3,6-13H,4-5,14-18H2,(H,24,25,26). The molecule has 144 valence electrons. The SMILES string of the molecule is c1ccc(Cc2ccnc(Nc3ccc(OCCN4CCCC4)cc3)n2)cc1. The second kappa shape index (κ2) is 9.33. The maximum Gasteiger partial charge on any atom is 0.227 e. The third kappa shape index (κ3) is 5.30. The second-order valence-electron chi connectivity index (χ2n) is 7.08. The van der Waals surface area contributed by atoms with Crippen molar-refractivity contribution in [2.24, 2.45) is 0 Å². The van der Waals surface area contributed by atoms with E-state index in [4.69, 9.17) is 4.74 Å². The molecule has 1 fully saturated rings. The van der Waals surface area contributed by atoms with Crippen LogP contribution in [0.4, 0.5) is 11.6 Å². The number of ether oxygens (including phenoxy) is 1. The Labute approximate surface area is 166 Å². The number of nitrogens with zero attached hydrogens (tertiary/aromatic N) is 3. The Kier molecular flexibility index (Phi) is 6.15. The van der Waals surface area contributed by atoms with Crippen LogP contribution in [-0.4, -0.2) is 41.1 Å². The van der Waals surface area contributed by atoms with E-state index < -0.39 is 0 Å². The summed E-state index contributed by atoms with van der Waals surface area (Å²) in [6.07, 6.45) is 5.22. The first-order valence-corrected chi connectivity index (χ1v) is 9.93. The Morgan fingerprint density at radius 3 is 2.50 bits per heavy atom. The number of nitrogens with one attached hydrogen (secondary N) is 1. The molecule has 2 heterocycles. The average molecular weight is 374 g/mol. The van der Waals surface area contributed by atoms with Crippen LogP contribution in [0.25, 0.3) is 0 Å². The highest BCUT2D eigenvalue weighted by Crippen LogP contribution is 2.19. The summed E-state index contributed by atoms with van der Waals surface area (Å²) < 4.78 is 5.86. The fourth-order valence-electron chi connectivity index (χ4n) is 3.42. The Morgan fingerprint density at radius 1 is 0.929 bits per heavy atom. The van der Waals surface area contributed by atoms with Crippen LogP contribution < -0.4 is 10.1 Å². The number of hydrogen-bond donors (Lipinski definition) is 1. The lowest BCUT2D eigenvalue weighted by Gasteiger charge is -2.15. The minimum Gasteiger partial charge on any atom is -0.492 e. The lowest BCUT2D eigenvalue weighted by atomic mass is 10.1. The van der Waals surface area contributed by atoms with Gasteiger partial charge in [-0.3, -0.25) is 4.90 Å². The van der Waals surface area contributed by atoms with Crippen molar-refractivity contribution < 1.29 is 4.74 Å². The van der Waals surface area contributed by atoms with Crippen LogP contribution in [0.3, 0.4) is 0 Å². The number of anilines is 2. The molecule has 28 heavy (non-hydrogen) atoms. The van der Waals surface area contributed by atoms with Crippen LogP contribution in [0.5, 0.6) is 5.75 Å². The molecule has 0 spiro atoms. The highest BCUT2D eigenvalue weighted by molar-refractivity contribution is 5.54. The Morgan fingerprint density at radius 2 is 1.71 bits per heavy atom. The molecular formula is C23H26N4O. The molecule has 0 amide bonds. The van der Waals surface area contributed by atoms with E-state index in [9.17, 15) is 0 Å². The fraction of sp³-hybridized carbons (Fsp3) is 0.304. The first-order valence-electron chi connectivity index (χ1n) is 9.93. The molecule has 0 saturated carbocycles. The minimum atomic E-state index is 0.608. The summed E-state index contributed by atoms with van der Waals surface area (Å²) in [5, 5.41) is 3.27. The summed E-state index contributed by atoms with van der Waals surface area (Å²) in [6, 6.07) is 20.3. The Hall–Kier alpha value is -2.92. The number of likely N-dealkylation sites (tertiary alicyclic amines) is 1.